The molecule has 1 heterocycles. The minimum atomic E-state index is 0.613. The molecule has 0 unspecified atom stereocenters. The number of allylic oxidation sites excluding steroid dienone is 2. The van der Waals surface area contributed by atoms with E-state index < -0.39 is 0 Å². The van der Waals surface area contributed by atoms with Gasteiger partial charge in [-0.1, -0.05) is 38.1 Å². The number of para-hydroxylation sites is 1. The summed E-state index contributed by atoms with van der Waals surface area (Å²) < 4.78 is 0. The Labute approximate surface area is 145 Å². The monoisotopic (exact) mass is 321 g/mol. The SMILES string of the molecule is CCc1cccc(CC)c1N/C(C)=C\C(C)=NCc1ccccn1. The van der Waals surface area contributed by atoms with Gasteiger partial charge in [-0.2, -0.15) is 0 Å². The van der Waals surface area contributed by atoms with E-state index >= 15 is 0 Å². The normalized spacial score (nSPS) is 12.3. The van der Waals surface area contributed by atoms with Crippen LogP contribution in [0.25, 0.3) is 0 Å². The lowest BCUT2D eigenvalue weighted by atomic mass is 10.0. The first-order chi connectivity index (χ1) is 11.6. The van der Waals surface area contributed by atoms with E-state index in [9.17, 15) is 0 Å². The maximum atomic E-state index is 4.60. The summed E-state index contributed by atoms with van der Waals surface area (Å²) in [6.45, 7) is 9.12. The Bertz CT molecular complexity index is 693. The summed E-state index contributed by atoms with van der Waals surface area (Å²) in [6, 6.07) is 12.4. The average molecular weight is 321 g/mol. The van der Waals surface area contributed by atoms with Crippen molar-refractivity contribution in [3.8, 4) is 0 Å². The molecule has 0 amide bonds. The molecule has 0 saturated carbocycles. The lowest BCUT2D eigenvalue weighted by molar-refractivity contribution is 0.989. The van der Waals surface area contributed by atoms with Gasteiger partial charge in [0.25, 0.3) is 0 Å². The number of benzene rings is 1. The fraction of sp³-hybridized carbons (Fsp3) is 0.333. The molecule has 3 heteroatoms. The largest absolute Gasteiger partial charge is 0.359 e. The minimum absolute atomic E-state index is 0.613. The molecule has 1 aromatic heterocycles. The molecule has 126 valence electrons. The number of pyridine rings is 1. The Kier molecular flexibility index (Phi) is 6.74. The first-order valence-electron chi connectivity index (χ1n) is 8.61. The maximum absolute atomic E-state index is 4.60. The van der Waals surface area contributed by atoms with Gasteiger partial charge in [0.15, 0.2) is 0 Å². The van der Waals surface area contributed by atoms with Crippen molar-refractivity contribution in [2.75, 3.05) is 5.32 Å². The van der Waals surface area contributed by atoms with Crippen LogP contribution in [0.5, 0.6) is 0 Å². The van der Waals surface area contributed by atoms with Gasteiger partial charge in [-0.05, 0) is 56.0 Å². The molecule has 0 radical (unpaired) electrons. The predicted molar refractivity (Wildman–Crippen MR) is 104 cm³/mol. The van der Waals surface area contributed by atoms with Gasteiger partial charge < -0.3 is 5.32 Å². The molecule has 0 spiro atoms. The van der Waals surface area contributed by atoms with Crippen molar-refractivity contribution in [2.45, 2.75) is 47.1 Å². The second-order valence-electron chi connectivity index (χ2n) is 5.89. The molecule has 0 aliphatic heterocycles. The number of aliphatic imine (C=N–C) groups is 1. The van der Waals surface area contributed by atoms with E-state index in [0.29, 0.717) is 6.54 Å². The smallest absolute Gasteiger partial charge is 0.0814 e. The summed E-state index contributed by atoms with van der Waals surface area (Å²) in [7, 11) is 0. The Hall–Kier alpha value is -2.42. The van der Waals surface area contributed by atoms with Crippen LogP contribution in [-0.2, 0) is 19.4 Å². The number of aryl methyl sites for hydroxylation is 2. The number of nitrogens with zero attached hydrogens (tertiary/aromatic N) is 2. The molecule has 2 rings (SSSR count). The average Bonchev–Trinajstić information content (AvgIpc) is 2.61. The molecule has 0 bridgehead atoms. The quantitative estimate of drug-likeness (QED) is 0.713. The van der Waals surface area contributed by atoms with Crippen LogP contribution in [0.4, 0.5) is 5.69 Å². The Balaban J connectivity index is 2.11. The van der Waals surface area contributed by atoms with Gasteiger partial charge >= 0.3 is 0 Å². The molecule has 0 fully saturated rings. The van der Waals surface area contributed by atoms with Gasteiger partial charge in [0.1, 0.15) is 0 Å². The van der Waals surface area contributed by atoms with Crippen molar-refractivity contribution in [1.29, 1.82) is 0 Å². The highest BCUT2D eigenvalue weighted by atomic mass is 14.9. The topological polar surface area (TPSA) is 37.3 Å². The lowest BCUT2D eigenvalue weighted by Crippen LogP contribution is -2.04. The molecular formula is C21H27N3. The number of aromatic nitrogens is 1. The van der Waals surface area contributed by atoms with Crippen LogP contribution < -0.4 is 5.32 Å². The molecule has 1 aromatic carbocycles. The number of hydrogen-bond acceptors (Lipinski definition) is 3. The second-order valence-corrected chi connectivity index (χ2v) is 5.89. The van der Waals surface area contributed by atoms with E-state index in [1.165, 1.54) is 16.8 Å². The highest BCUT2D eigenvalue weighted by Gasteiger charge is 2.06. The number of nitrogens with one attached hydrogen (secondary N) is 1. The van der Waals surface area contributed by atoms with Gasteiger partial charge in [-0.15, -0.1) is 0 Å². The zero-order valence-electron chi connectivity index (χ0n) is 15.1. The fourth-order valence-electron chi connectivity index (χ4n) is 2.69. The van der Waals surface area contributed by atoms with Crippen molar-refractivity contribution >= 4 is 11.4 Å². The van der Waals surface area contributed by atoms with Crippen LogP contribution in [-0.4, -0.2) is 10.7 Å². The highest BCUT2D eigenvalue weighted by molar-refractivity contribution is 5.93. The van der Waals surface area contributed by atoms with Crippen LogP contribution in [0.2, 0.25) is 0 Å². The Morgan fingerprint density at radius 1 is 1.04 bits per heavy atom. The third kappa shape index (κ3) is 5.05. The third-order valence-electron chi connectivity index (χ3n) is 3.96. The first-order valence-corrected chi connectivity index (χ1v) is 8.61. The summed E-state index contributed by atoms with van der Waals surface area (Å²) in [4.78, 5) is 8.90. The van der Waals surface area contributed by atoms with Crippen LogP contribution in [0.1, 0.15) is 44.5 Å². The van der Waals surface area contributed by atoms with Crippen LogP contribution in [0.3, 0.4) is 0 Å². The van der Waals surface area contributed by atoms with Crippen molar-refractivity contribution in [1.82, 2.24) is 4.98 Å². The summed E-state index contributed by atoms with van der Waals surface area (Å²) >= 11 is 0. The molecule has 0 aliphatic rings. The van der Waals surface area contributed by atoms with E-state index in [0.717, 1.165) is 29.9 Å². The summed E-state index contributed by atoms with van der Waals surface area (Å²) in [5.74, 6) is 0. The molecule has 3 nitrogen and oxygen atoms in total. The molecule has 1 N–H and O–H groups in total. The van der Waals surface area contributed by atoms with E-state index in [1.54, 1.807) is 6.20 Å². The second kappa shape index (κ2) is 9.02. The van der Waals surface area contributed by atoms with Gasteiger partial charge in [-0.3, -0.25) is 9.98 Å². The molecular weight excluding hydrogens is 294 g/mol. The van der Waals surface area contributed by atoms with E-state index in [4.69, 9.17) is 0 Å². The van der Waals surface area contributed by atoms with Gasteiger partial charge in [0.2, 0.25) is 0 Å². The predicted octanol–water partition coefficient (Wildman–Crippen LogP) is 5.18. The summed E-state index contributed by atoms with van der Waals surface area (Å²) in [6.07, 6.45) is 5.94. The van der Waals surface area contributed by atoms with Crippen molar-refractivity contribution in [3.63, 3.8) is 0 Å². The third-order valence-corrected chi connectivity index (χ3v) is 3.96. The molecule has 24 heavy (non-hydrogen) atoms. The Morgan fingerprint density at radius 3 is 2.33 bits per heavy atom. The lowest BCUT2D eigenvalue weighted by Gasteiger charge is -2.15. The highest BCUT2D eigenvalue weighted by Crippen LogP contribution is 2.24. The standard InChI is InChI=1S/C21H27N3/c1-5-18-10-9-11-19(6-2)21(18)24-17(4)14-16(3)23-15-20-12-7-8-13-22-20/h7-14,24H,5-6,15H2,1-4H3/b17-14-,23-16?. The van der Waals surface area contributed by atoms with Crippen molar-refractivity contribution < 1.29 is 0 Å². The first kappa shape index (κ1) is 17.9. The number of anilines is 1. The van der Waals surface area contributed by atoms with Crippen molar-refractivity contribution in [3.05, 3.63) is 71.2 Å². The van der Waals surface area contributed by atoms with Crippen LogP contribution in [0.15, 0.2) is 59.4 Å². The summed E-state index contributed by atoms with van der Waals surface area (Å²) in [5, 5.41) is 3.57. The molecule has 0 atom stereocenters. The zero-order chi connectivity index (χ0) is 17.4. The zero-order valence-corrected chi connectivity index (χ0v) is 15.1. The number of hydrogen-bond donors (Lipinski definition) is 1. The fourth-order valence-corrected chi connectivity index (χ4v) is 2.69. The van der Waals surface area contributed by atoms with Gasteiger partial charge in [-0.25, -0.2) is 0 Å². The summed E-state index contributed by atoms with van der Waals surface area (Å²) in [5.41, 5.74) is 7.04. The maximum Gasteiger partial charge on any atom is 0.0814 e. The van der Waals surface area contributed by atoms with Gasteiger partial charge in [0.05, 0.1) is 12.2 Å². The van der Waals surface area contributed by atoms with Crippen molar-refractivity contribution in [2.24, 2.45) is 4.99 Å². The van der Waals surface area contributed by atoms with Gasteiger partial charge in [0, 0.05) is 23.3 Å². The Morgan fingerprint density at radius 2 is 1.75 bits per heavy atom. The molecule has 0 saturated heterocycles. The molecule has 2 aromatic rings. The molecule has 0 aliphatic carbocycles. The van der Waals surface area contributed by atoms with E-state index in [2.05, 4.69) is 60.3 Å². The van der Waals surface area contributed by atoms with E-state index in [1.807, 2.05) is 25.1 Å². The number of rotatable bonds is 7. The van der Waals surface area contributed by atoms with Crippen LogP contribution in [0, 0.1) is 0 Å². The van der Waals surface area contributed by atoms with E-state index in [-0.39, 0.29) is 0 Å². The van der Waals surface area contributed by atoms with Crippen LogP contribution >= 0.6 is 0 Å². The minimum Gasteiger partial charge on any atom is -0.359 e.